The Morgan fingerprint density at radius 2 is 1.68 bits per heavy atom. The summed E-state index contributed by atoms with van der Waals surface area (Å²) in [7, 11) is 0. The first-order chi connectivity index (χ1) is 19.6. The lowest BCUT2D eigenvalue weighted by atomic mass is 9.87. The fourth-order valence-electron chi connectivity index (χ4n) is 5.22. The Hall–Kier alpha value is -2.83. The van der Waals surface area contributed by atoms with Crippen LogP contribution >= 0.6 is 27.5 Å². The second-order valence-corrected chi connectivity index (χ2v) is 13.1. The zero-order valence-electron chi connectivity index (χ0n) is 24.2. The van der Waals surface area contributed by atoms with E-state index in [0.717, 1.165) is 46.8 Å². The predicted octanol–water partition coefficient (Wildman–Crippen LogP) is 7.87. The molecule has 4 rings (SSSR count). The van der Waals surface area contributed by atoms with Crippen molar-refractivity contribution in [1.82, 2.24) is 10.2 Å². The van der Waals surface area contributed by atoms with Gasteiger partial charge in [-0.1, -0.05) is 106 Å². The minimum atomic E-state index is -0.724. The van der Waals surface area contributed by atoms with Crippen LogP contribution < -0.4 is 10.1 Å². The van der Waals surface area contributed by atoms with Gasteiger partial charge in [0.25, 0.3) is 5.91 Å². The van der Waals surface area contributed by atoms with Gasteiger partial charge in [0.05, 0.1) is 4.47 Å². The second-order valence-electron chi connectivity index (χ2n) is 11.8. The Bertz CT molecular complexity index is 1320. The van der Waals surface area contributed by atoms with Crippen LogP contribution in [0.1, 0.15) is 69.6 Å². The number of nitrogens with zero attached hydrogens (tertiary/aromatic N) is 1. The summed E-state index contributed by atoms with van der Waals surface area (Å²) in [6.07, 6.45) is 5.72. The summed E-state index contributed by atoms with van der Waals surface area (Å²) in [5.74, 6) is 0.156. The monoisotopic (exact) mass is 638 g/mol. The van der Waals surface area contributed by atoms with Crippen LogP contribution in [0.15, 0.2) is 77.3 Å². The molecule has 0 unspecified atom stereocenters. The standard InChI is InChI=1S/C34H40BrClN2O3/c1-34(2,3)26-18-19-31(28(35)21-26)41-23-32(39)38(22-25-14-10-11-17-29(25)36)30(20-24-12-6-4-7-13-24)33(40)37-27-15-8-5-9-16-27/h4,6-7,10-14,17-19,21,27,30H,5,8-9,15-16,20,22-23H2,1-3H3,(H,37,40)/t30-/m1/s1. The molecule has 2 amide bonds. The van der Waals surface area contributed by atoms with E-state index in [4.69, 9.17) is 16.3 Å². The van der Waals surface area contributed by atoms with Crippen LogP contribution in [0.5, 0.6) is 5.75 Å². The van der Waals surface area contributed by atoms with Gasteiger partial charge in [0.15, 0.2) is 6.61 Å². The van der Waals surface area contributed by atoms with E-state index in [9.17, 15) is 9.59 Å². The molecule has 1 saturated carbocycles. The lowest BCUT2D eigenvalue weighted by Crippen LogP contribution is -2.53. The number of nitrogens with one attached hydrogen (secondary N) is 1. The number of rotatable bonds is 10. The van der Waals surface area contributed by atoms with Crippen molar-refractivity contribution < 1.29 is 14.3 Å². The van der Waals surface area contributed by atoms with Gasteiger partial charge in [-0.3, -0.25) is 9.59 Å². The molecule has 7 heteroatoms. The number of ether oxygens (including phenoxy) is 1. The van der Waals surface area contributed by atoms with Gasteiger partial charge >= 0.3 is 0 Å². The molecule has 41 heavy (non-hydrogen) atoms. The summed E-state index contributed by atoms with van der Waals surface area (Å²) >= 11 is 10.2. The third kappa shape index (κ3) is 8.83. The molecule has 1 fully saturated rings. The van der Waals surface area contributed by atoms with Crippen LogP contribution in [0.3, 0.4) is 0 Å². The highest BCUT2D eigenvalue weighted by molar-refractivity contribution is 9.10. The SMILES string of the molecule is CC(C)(C)c1ccc(OCC(=O)N(Cc2ccccc2Cl)[C@H](Cc2ccccc2)C(=O)NC2CCCCC2)c(Br)c1. The molecule has 0 spiro atoms. The van der Waals surface area contributed by atoms with Crippen LogP contribution in [0.2, 0.25) is 5.02 Å². The van der Waals surface area contributed by atoms with Gasteiger partial charge in [-0.15, -0.1) is 0 Å². The van der Waals surface area contributed by atoms with Crippen molar-refractivity contribution in [3.05, 3.63) is 99.0 Å². The fourth-order valence-corrected chi connectivity index (χ4v) is 5.90. The van der Waals surface area contributed by atoms with Crippen LogP contribution in [-0.4, -0.2) is 35.4 Å². The Morgan fingerprint density at radius 3 is 2.34 bits per heavy atom. The normalized spacial score (nSPS) is 14.8. The second kappa shape index (κ2) is 14.4. The zero-order chi connectivity index (χ0) is 29.4. The van der Waals surface area contributed by atoms with E-state index in [1.165, 1.54) is 6.42 Å². The molecule has 3 aromatic carbocycles. The number of carbonyl (C=O) groups is 2. The molecule has 3 aromatic rings. The first kappa shape index (κ1) is 31.1. The molecule has 0 radical (unpaired) electrons. The van der Waals surface area contributed by atoms with Gasteiger partial charge in [0.1, 0.15) is 11.8 Å². The fraction of sp³-hybridized carbons (Fsp3) is 0.412. The van der Waals surface area contributed by atoms with E-state index < -0.39 is 6.04 Å². The van der Waals surface area contributed by atoms with Crippen molar-refractivity contribution in [2.24, 2.45) is 0 Å². The molecule has 0 heterocycles. The predicted molar refractivity (Wildman–Crippen MR) is 169 cm³/mol. The zero-order valence-corrected chi connectivity index (χ0v) is 26.5. The number of halogens is 2. The average Bonchev–Trinajstić information content (AvgIpc) is 2.95. The quantitative estimate of drug-likeness (QED) is 0.246. The summed E-state index contributed by atoms with van der Waals surface area (Å²) in [6.45, 7) is 6.44. The van der Waals surface area contributed by atoms with Crippen LogP contribution in [0.25, 0.3) is 0 Å². The maximum Gasteiger partial charge on any atom is 0.261 e. The topological polar surface area (TPSA) is 58.6 Å². The number of hydrogen-bond donors (Lipinski definition) is 1. The van der Waals surface area contributed by atoms with Crippen LogP contribution in [-0.2, 0) is 28.0 Å². The maximum atomic E-state index is 14.0. The highest BCUT2D eigenvalue weighted by Gasteiger charge is 2.32. The molecule has 0 saturated heterocycles. The Kier molecular flexibility index (Phi) is 10.9. The smallest absolute Gasteiger partial charge is 0.261 e. The first-order valence-corrected chi connectivity index (χ1v) is 15.6. The van der Waals surface area contributed by atoms with E-state index in [1.807, 2.05) is 66.7 Å². The average molecular weight is 640 g/mol. The molecule has 1 atom stereocenters. The highest BCUT2D eigenvalue weighted by atomic mass is 79.9. The Balaban J connectivity index is 1.62. The molecule has 0 bridgehead atoms. The highest BCUT2D eigenvalue weighted by Crippen LogP contribution is 2.32. The molecule has 218 valence electrons. The summed E-state index contributed by atoms with van der Waals surface area (Å²) < 4.78 is 6.83. The van der Waals surface area contributed by atoms with Crippen molar-refractivity contribution in [2.45, 2.75) is 83.3 Å². The molecule has 5 nitrogen and oxygen atoms in total. The van der Waals surface area contributed by atoms with Gasteiger partial charge in [-0.05, 0) is 69.1 Å². The Morgan fingerprint density at radius 1 is 1.00 bits per heavy atom. The maximum absolute atomic E-state index is 14.0. The van der Waals surface area contributed by atoms with Gasteiger partial charge in [0, 0.05) is 24.0 Å². The van der Waals surface area contributed by atoms with Gasteiger partial charge in [-0.25, -0.2) is 0 Å². The molecule has 1 aliphatic carbocycles. The third-order valence-electron chi connectivity index (χ3n) is 7.67. The van der Waals surface area contributed by atoms with Crippen molar-refractivity contribution in [3.8, 4) is 5.75 Å². The largest absolute Gasteiger partial charge is 0.483 e. The van der Waals surface area contributed by atoms with Gasteiger partial charge in [-0.2, -0.15) is 0 Å². The van der Waals surface area contributed by atoms with E-state index in [-0.39, 0.29) is 36.4 Å². The summed E-state index contributed by atoms with van der Waals surface area (Å²) in [5, 5.41) is 3.82. The van der Waals surface area contributed by atoms with Gasteiger partial charge < -0.3 is 15.0 Å². The minimum absolute atomic E-state index is 0.0149. The van der Waals surface area contributed by atoms with E-state index in [2.05, 4.69) is 42.0 Å². The van der Waals surface area contributed by atoms with Crippen LogP contribution in [0, 0.1) is 0 Å². The summed E-state index contributed by atoms with van der Waals surface area (Å²) in [6, 6.07) is 22.6. The number of hydrogen-bond acceptors (Lipinski definition) is 3. The molecular formula is C34H40BrClN2O3. The minimum Gasteiger partial charge on any atom is -0.483 e. The van der Waals surface area contributed by atoms with Crippen molar-refractivity contribution >= 4 is 39.3 Å². The number of benzene rings is 3. The number of amides is 2. The summed E-state index contributed by atoms with van der Waals surface area (Å²) in [5.41, 5.74) is 2.90. The van der Waals surface area contributed by atoms with E-state index >= 15 is 0 Å². The van der Waals surface area contributed by atoms with Gasteiger partial charge in [0.2, 0.25) is 5.91 Å². The van der Waals surface area contributed by atoms with E-state index in [0.29, 0.717) is 17.2 Å². The molecule has 1 aliphatic rings. The Labute approximate surface area is 257 Å². The van der Waals surface area contributed by atoms with Crippen molar-refractivity contribution in [3.63, 3.8) is 0 Å². The van der Waals surface area contributed by atoms with Crippen LogP contribution in [0.4, 0.5) is 0 Å². The molecular weight excluding hydrogens is 600 g/mol. The first-order valence-electron chi connectivity index (χ1n) is 14.4. The lowest BCUT2D eigenvalue weighted by Gasteiger charge is -2.33. The summed E-state index contributed by atoms with van der Waals surface area (Å²) in [4.78, 5) is 29.5. The molecule has 0 aliphatic heterocycles. The number of carbonyl (C=O) groups excluding carboxylic acids is 2. The van der Waals surface area contributed by atoms with E-state index in [1.54, 1.807) is 11.0 Å². The molecule has 1 N–H and O–H groups in total. The third-order valence-corrected chi connectivity index (χ3v) is 8.66. The van der Waals surface area contributed by atoms with Crippen molar-refractivity contribution in [2.75, 3.05) is 6.61 Å². The lowest BCUT2D eigenvalue weighted by molar-refractivity contribution is -0.143. The molecule has 0 aromatic heterocycles. The van der Waals surface area contributed by atoms with Crippen molar-refractivity contribution in [1.29, 1.82) is 0 Å².